The van der Waals surface area contributed by atoms with Gasteiger partial charge in [0.05, 0.1) is 21.8 Å². The maximum absolute atomic E-state index is 13.2. The van der Waals surface area contributed by atoms with Crippen molar-refractivity contribution in [2.24, 2.45) is 0 Å². The molecule has 33 heavy (non-hydrogen) atoms. The van der Waals surface area contributed by atoms with Crippen molar-refractivity contribution in [3.05, 3.63) is 104 Å². The Hall–Kier alpha value is -3.77. The number of rotatable bonds is 5. The molecule has 4 rings (SSSR count). The first kappa shape index (κ1) is 22.4. The van der Waals surface area contributed by atoms with E-state index in [0.717, 1.165) is 16.7 Å². The van der Waals surface area contributed by atoms with Crippen molar-refractivity contribution in [2.45, 2.75) is 27.3 Å². The molecule has 0 aliphatic heterocycles. The highest BCUT2D eigenvalue weighted by Gasteiger charge is 2.19. The van der Waals surface area contributed by atoms with E-state index < -0.39 is 5.78 Å². The van der Waals surface area contributed by atoms with Crippen LogP contribution < -0.4 is 10.7 Å². The molecule has 2 aromatic carbocycles. The first-order valence-corrected chi connectivity index (χ1v) is 10.8. The molecule has 0 atom stereocenters. The predicted molar refractivity (Wildman–Crippen MR) is 130 cm³/mol. The third-order valence-electron chi connectivity index (χ3n) is 5.60. The van der Waals surface area contributed by atoms with Gasteiger partial charge in [-0.1, -0.05) is 17.7 Å². The minimum Gasteiger partial charge on any atom is -0.337 e. The van der Waals surface area contributed by atoms with E-state index in [-0.39, 0.29) is 23.4 Å². The zero-order valence-electron chi connectivity index (χ0n) is 18.5. The van der Waals surface area contributed by atoms with Crippen LogP contribution in [-0.2, 0) is 11.3 Å². The summed E-state index contributed by atoms with van der Waals surface area (Å²) in [5.41, 5.74) is 3.95. The number of amides is 1. The van der Waals surface area contributed by atoms with Gasteiger partial charge in [-0.15, -0.1) is 0 Å². The molecule has 0 unspecified atom stereocenters. The molecule has 0 saturated heterocycles. The molecule has 2 aromatic heterocycles. The number of aromatic nitrogens is 2. The number of ketones is 1. The first-order valence-electron chi connectivity index (χ1n) is 10.4. The first-order chi connectivity index (χ1) is 15.7. The van der Waals surface area contributed by atoms with Crippen LogP contribution in [0.3, 0.4) is 0 Å². The standard InChI is InChI=1S/C26H22ClN3O3/c1-15-4-5-22(21(27)10-15)29-24(31)14-30-13-20(25(32)18-6-8-28-9-7-18)26(33)19-11-16(2)17(3)12-23(19)30/h4-13H,14H2,1-3H3,(H,29,31). The second kappa shape index (κ2) is 9.00. The maximum Gasteiger partial charge on any atom is 0.244 e. The smallest absolute Gasteiger partial charge is 0.244 e. The van der Waals surface area contributed by atoms with Crippen molar-refractivity contribution in [2.75, 3.05) is 5.32 Å². The molecule has 2 heterocycles. The number of anilines is 1. The Labute approximate surface area is 195 Å². The third kappa shape index (κ3) is 4.56. The number of carbonyl (C=O) groups excluding carboxylic acids is 2. The normalized spacial score (nSPS) is 10.9. The molecule has 7 heteroatoms. The average molecular weight is 460 g/mol. The molecule has 0 fully saturated rings. The number of fused-ring (bicyclic) bond motifs is 1. The molecule has 0 aliphatic carbocycles. The summed E-state index contributed by atoms with van der Waals surface area (Å²) >= 11 is 6.25. The Bertz CT molecular complexity index is 1460. The molecule has 0 aliphatic rings. The quantitative estimate of drug-likeness (QED) is 0.433. The molecule has 0 saturated carbocycles. The van der Waals surface area contributed by atoms with Crippen molar-refractivity contribution in [3.8, 4) is 0 Å². The van der Waals surface area contributed by atoms with Gasteiger partial charge in [0, 0.05) is 29.5 Å². The molecular weight excluding hydrogens is 438 g/mol. The Morgan fingerprint density at radius 1 is 1.00 bits per heavy atom. The van der Waals surface area contributed by atoms with Gasteiger partial charge in [-0.05, 0) is 73.9 Å². The molecule has 4 aromatic rings. The summed E-state index contributed by atoms with van der Waals surface area (Å²) in [5, 5.41) is 3.63. The van der Waals surface area contributed by atoms with Gasteiger partial charge in [0.1, 0.15) is 6.54 Å². The summed E-state index contributed by atoms with van der Waals surface area (Å²) in [6.07, 6.45) is 4.46. The summed E-state index contributed by atoms with van der Waals surface area (Å²) in [4.78, 5) is 43.2. The fourth-order valence-corrected chi connectivity index (χ4v) is 3.95. The molecule has 0 spiro atoms. The Balaban J connectivity index is 1.80. The minimum absolute atomic E-state index is 0.00174. The fourth-order valence-electron chi connectivity index (χ4n) is 3.67. The summed E-state index contributed by atoms with van der Waals surface area (Å²) in [6.45, 7) is 5.66. The van der Waals surface area contributed by atoms with Crippen molar-refractivity contribution in [1.82, 2.24) is 9.55 Å². The third-order valence-corrected chi connectivity index (χ3v) is 5.91. The monoisotopic (exact) mass is 459 g/mol. The van der Waals surface area contributed by atoms with E-state index in [4.69, 9.17) is 11.6 Å². The highest BCUT2D eigenvalue weighted by atomic mass is 35.5. The minimum atomic E-state index is -0.418. The van der Waals surface area contributed by atoms with Gasteiger partial charge in [-0.2, -0.15) is 0 Å². The van der Waals surface area contributed by atoms with Crippen LogP contribution in [0.25, 0.3) is 10.9 Å². The van der Waals surface area contributed by atoms with Crippen molar-refractivity contribution in [1.29, 1.82) is 0 Å². The van der Waals surface area contributed by atoms with E-state index in [1.807, 2.05) is 32.9 Å². The number of pyridine rings is 2. The van der Waals surface area contributed by atoms with E-state index in [0.29, 0.717) is 27.2 Å². The Morgan fingerprint density at radius 3 is 2.39 bits per heavy atom. The van der Waals surface area contributed by atoms with Crippen LogP contribution in [0.5, 0.6) is 0 Å². The molecule has 166 valence electrons. The lowest BCUT2D eigenvalue weighted by atomic mass is 10.0. The second-order valence-corrected chi connectivity index (χ2v) is 8.46. The number of benzene rings is 2. The van der Waals surface area contributed by atoms with Gasteiger partial charge in [-0.3, -0.25) is 19.4 Å². The van der Waals surface area contributed by atoms with Gasteiger partial charge in [0.2, 0.25) is 11.3 Å². The van der Waals surface area contributed by atoms with Gasteiger partial charge < -0.3 is 9.88 Å². The van der Waals surface area contributed by atoms with E-state index >= 15 is 0 Å². The van der Waals surface area contributed by atoms with Crippen molar-refractivity contribution in [3.63, 3.8) is 0 Å². The summed E-state index contributed by atoms with van der Waals surface area (Å²) < 4.78 is 1.63. The lowest BCUT2D eigenvalue weighted by molar-refractivity contribution is -0.116. The zero-order chi connectivity index (χ0) is 23.7. The predicted octanol–water partition coefficient (Wildman–Crippen LogP) is 4.84. The lowest BCUT2D eigenvalue weighted by Crippen LogP contribution is -2.24. The van der Waals surface area contributed by atoms with Crippen LogP contribution in [-0.4, -0.2) is 21.2 Å². The van der Waals surface area contributed by atoms with Gasteiger partial charge in [0.15, 0.2) is 5.78 Å². The lowest BCUT2D eigenvalue weighted by Gasteiger charge is -2.15. The highest BCUT2D eigenvalue weighted by molar-refractivity contribution is 6.33. The number of aryl methyl sites for hydroxylation is 3. The van der Waals surface area contributed by atoms with Gasteiger partial charge in [-0.25, -0.2) is 0 Å². The maximum atomic E-state index is 13.2. The molecule has 1 amide bonds. The number of carbonyl (C=O) groups is 2. The SMILES string of the molecule is Cc1ccc(NC(=O)Cn2cc(C(=O)c3ccncc3)c(=O)c3cc(C)c(C)cc32)c(Cl)c1. The zero-order valence-corrected chi connectivity index (χ0v) is 19.2. The van der Waals surface area contributed by atoms with Crippen LogP contribution in [0.2, 0.25) is 5.02 Å². The van der Waals surface area contributed by atoms with Gasteiger partial charge in [0.25, 0.3) is 0 Å². The summed E-state index contributed by atoms with van der Waals surface area (Å²) in [5.74, 6) is -0.746. The molecular formula is C26H22ClN3O3. The van der Waals surface area contributed by atoms with E-state index in [1.165, 1.54) is 18.6 Å². The van der Waals surface area contributed by atoms with Crippen LogP contribution in [0, 0.1) is 20.8 Å². The largest absolute Gasteiger partial charge is 0.337 e. The van der Waals surface area contributed by atoms with Crippen LogP contribution in [0.4, 0.5) is 5.69 Å². The van der Waals surface area contributed by atoms with Crippen LogP contribution >= 0.6 is 11.6 Å². The number of nitrogens with zero attached hydrogens (tertiary/aromatic N) is 2. The Morgan fingerprint density at radius 2 is 1.70 bits per heavy atom. The Kier molecular flexibility index (Phi) is 6.11. The van der Waals surface area contributed by atoms with E-state index in [2.05, 4.69) is 10.3 Å². The van der Waals surface area contributed by atoms with Gasteiger partial charge >= 0.3 is 0 Å². The molecule has 0 radical (unpaired) electrons. The van der Waals surface area contributed by atoms with Crippen molar-refractivity contribution < 1.29 is 9.59 Å². The summed E-state index contributed by atoms with van der Waals surface area (Å²) in [6, 6.07) is 12.1. The van der Waals surface area contributed by atoms with Crippen molar-refractivity contribution >= 4 is 39.9 Å². The van der Waals surface area contributed by atoms with E-state index in [1.54, 1.807) is 34.9 Å². The van der Waals surface area contributed by atoms with Crippen LogP contribution in [0.15, 0.2) is 65.8 Å². The number of halogens is 1. The summed E-state index contributed by atoms with van der Waals surface area (Å²) in [7, 11) is 0. The molecule has 0 bridgehead atoms. The van der Waals surface area contributed by atoms with E-state index in [9.17, 15) is 14.4 Å². The molecule has 1 N–H and O–H groups in total. The number of hydrogen-bond donors (Lipinski definition) is 1. The topological polar surface area (TPSA) is 81.1 Å². The average Bonchev–Trinajstić information content (AvgIpc) is 2.79. The second-order valence-electron chi connectivity index (χ2n) is 8.05. The molecule has 6 nitrogen and oxygen atoms in total. The number of nitrogens with one attached hydrogen (secondary N) is 1. The fraction of sp³-hybridized carbons (Fsp3) is 0.154. The van der Waals surface area contributed by atoms with Crippen LogP contribution in [0.1, 0.15) is 32.6 Å². The number of hydrogen-bond acceptors (Lipinski definition) is 4. The highest BCUT2D eigenvalue weighted by Crippen LogP contribution is 2.23.